The summed E-state index contributed by atoms with van der Waals surface area (Å²) in [5, 5.41) is 0. The fraction of sp³-hybridized carbons (Fsp3) is 0.636. The van der Waals surface area contributed by atoms with Gasteiger partial charge in [0, 0.05) is 13.2 Å². The summed E-state index contributed by atoms with van der Waals surface area (Å²) in [4.78, 5) is 1.16. The number of thiophene rings is 1. The molecule has 15 heavy (non-hydrogen) atoms. The van der Waals surface area contributed by atoms with E-state index in [0.29, 0.717) is 13.2 Å². The molecule has 1 rings (SSSR count). The second-order valence-electron chi connectivity index (χ2n) is 2.83. The minimum absolute atomic E-state index is 0.184. The van der Waals surface area contributed by atoms with Crippen LogP contribution in [0.4, 0.5) is 0 Å². The Morgan fingerprint density at radius 3 is 2.40 bits per heavy atom. The van der Waals surface area contributed by atoms with E-state index in [1.807, 2.05) is 25.6 Å². The van der Waals surface area contributed by atoms with E-state index in [2.05, 4.69) is 19.1 Å². The second kappa shape index (κ2) is 7.28. The number of hydrogen-bond donors (Lipinski definition) is 0. The predicted molar refractivity (Wildman–Crippen MR) is 66.7 cm³/mol. The Labute approximate surface area is 100.0 Å². The van der Waals surface area contributed by atoms with Crippen molar-refractivity contribution >= 4 is 23.1 Å². The number of hydrogen-bond acceptors (Lipinski definition) is 4. The van der Waals surface area contributed by atoms with Crippen molar-refractivity contribution in [1.29, 1.82) is 0 Å². The average Bonchev–Trinajstić information content (AvgIpc) is 2.67. The summed E-state index contributed by atoms with van der Waals surface area (Å²) in [6.45, 7) is 7.49. The van der Waals surface area contributed by atoms with Crippen molar-refractivity contribution in [3.05, 3.63) is 17.0 Å². The first kappa shape index (κ1) is 13.0. The van der Waals surface area contributed by atoms with E-state index in [1.54, 1.807) is 11.3 Å². The van der Waals surface area contributed by atoms with Crippen molar-refractivity contribution in [2.24, 2.45) is 0 Å². The van der Waals surface area contributed by atoms with E-state index < -0.39 is 0 Å². The molecule has 0 amide bonds. The van der Waals surface area contributed by atoms with Crippen LogP contribution in [-0.2, 0) is 9.47 Å². The van der Waals surface area contributed by atoms with Gasteiger partial charge in [0.15, 0.2) is 6.29 Å². The third-order valence-corrected chi connectivity index (χ3v) is 3.97. The van der Waals surface area contributed by atoms with Crippen molar-refractivity contribution < 1.29 is 9.47 Å². The summed E-state index contributed by atoms with van der Waals surface area (Å²) < 4.78 is 12.4. The van der Waals surface area contributed by atoms with E-state index in [9.17, 15) is 0 Å². The van der Waals surface area contributed by atoms with Crippen LogP contribution in [0.3, 0.4) is 0 Å². The minimum atomic E-state index is -0.184. The molecule has 0 fully saturated rings. The Kier molecular flexibility index (Phi) is 6.32. The van der Waals surface area contributed by atoms with Crippen LogP contribution < -0.4 is 0 Å². The molecular weight excluding hydrogens is 228 g/mol. The van der Waals surface area contributed by atoms with Crippen LogP contribution in [0.15, 0.2) is 16.3 Å². The van der Waals surface area contributed by atoms with Gasteiger partial charge in [0.2, 0.25) is 0 Å². The second-order valence-corrected chi connectivity index (χ2v) is 5.51. The maximum atomic E-state index is 5.54. The highest BCUT2D eigenvalue weighted by molar-refractivity contribution is 8.01. The Hall–Kier alpha value is -0.0300. The van der Waals surface area contributed by atoms with E-state index in [1.165, 1.54) is 4.21 Å². The van der Waals surface area contributed by atoms with Crippen molar-refractivity contribution in [1.82, 2.24) is 0 Å². The van der Waals surface area contributed by atoms with Crippen LogP contribution in [-0.4, -0.2) is 19.0 Å². The minimum Gasteiger partial charge on any atom is -0.348 e. The molecule has 0 saturated carbocycles. The van der Waals surface area contributed by atoms with E-state index >= 15 is 0 Å². The van der Waals surface area contributed by atoms with Crippen molar-refractivity contribution in [2.75, 3.05) is 19.0 Å². The highest BCUT2D eigenvalue weighted by Crippen LogP contribution is 2.32. The molecule has 4 heteroatoms. The third kappa shape index (κ3) is 4.15. The average molecular weight is 246 g/mol. The van der Waals surface area contributed by atoms with Crippen molar-refractivity contribution in [2.45, 2.75) is 31.3 Å². The number of ether oxygens (including phenoxy) is 2. The highest BCUT2D eigenvalue weighted by atomic mass is 32.2. The standard InChI is InChI=1S/C11H18O2S2/c1-4-12-11(13-5-2)9-7-8-10(15-9)14-6-3/h7-8,11H,4-6H2,1-3H3. The molecule has 0 aliphatic rings. The summed E-state index contributed by atoms with van der Waals surface area (Å²) >= 11 is 3.62. The largest absolute Gasteiger partial charge is 0.348 e. The van der Waals surface area contributed by atoms with Crippen molar-refractivity contribution in [3.8, 4) is 0 Å². The maximum Gasteiger partial charge on any atom is 0.193 e. The lowest BCUT2D eigenvalue weighted by Gasteiger charge is -2.14. The molecule has 0 spiro atoms. The monoisotopic (exact) mass is 246 g/mol. The first-order valence-corrected chi connectivity index (χ1v) is 7.07. The van der Waals surface area contributed by atoms with Crippen LogP contribution in [0.2, 0.25) is 0 Å². The van der Waals surface area contributed by atoms with Gasteiger partial charge in [-0.05, 0) is 31.7 Å². The Morgan fingerprint density at radius 2 is 1.87 bits per heavy atom. The normalized spacial score (nSPS) is 11.2. The van der Waals surface area contributed by atoms with Gasteiger partial charge in [0.25, 0.3) is 0 Å². The summed E-state index contributed by atoms with van der Waals surface area (Å²) in [6.07, 6.45) is -0.184. The quantitative estimate of drug-likeness (QED) is 0.536. The fourth-order valence-corrected chi connectivity index (χ4v) is 3.26. The van der Waals surface area contributed by atoms with E-state index in [-0.39, 0.29) is 6.29 Å². The lowest BCUT2D eigenvalue weighted by atomic mass is 10.4. The number of rotatable bonds is 7. The molecule has 0 unspecified atom stereocenters. The van der Waals surface area contributed by atoms with Gasteiger partial charge in [0.05, 0.1) is 9.09 Å². The summed E-state index contributed by atoms with van der Waals surface area (Å²) in [5.74, 6) is 1.11. The molecule has 0 aliphatic heterocycles. The maximum absolute atomic E-state index is 5.54. The lowest BCUT2D eigenvalue weighted by Crippen LogP contribution is -2.06. The zero-order valence-electron chi connectivity index (χ0n) is 9.49. The van der Waals surface area contributed by atoms with Gasteiger partial charge in [-0.3, -0.25) is 0 Å². The van der Waals surface area contributed by atoms with Gasteiger partial charge >= 0.3 is 0 Å². The van der Waals surface area contributed by atoms with Crippen LogP contribution in [0.25, 0.3) is 0 Å². The van der Waals surface area contributed by atoms with E-state index in [4.69, 9.17) is 9.47 Å². The molecule has 2 nitrogen and oxygen atoms in total. The predicted octanol–water partition coefficient (Wildman–Crippen LogP) is 3.93. The molecule has 1 aromatic heterocycles. The zero-order chi connectivity index (χ0) is 11.1. The lowest BCUT2D eigenvalue weighted by molar-refractivity contribution is -0.138. The molecule has 0 bridgehead atoms. The van der Waals surface area contributed by atoms with Crippen LogP contribution in [0, 0.1) is 0 Å². The molecule has 1 heterocycles. The first-order valence-electron chi connectivity index (χ1n) is 5.27. The Bertz CT molecular complexity index is 267. The third-order valence-electron chi connectivity index (χ3n) is 1.76. The Morgan fingerprint density at radius 1 is 1.20 bits per heavy atom. The molecule has 0 radical (unpaired) electrons. The van der Waals surface area contributed by atoms with Crippen LogP contribution >= 0.6 is 23.1 Å². The van der Waals surface area contributed by atoms with Crippen LogP contribution in [0.5, 0.6) is 0 Å². The Balaban J connectivity index is 2.63. The fourth-order valence-electron chi connectivity index (χ4n) is 1.20. The van der Waals surface area contributed by atoms with Gasteiger partial charge in [-0.15, -0.1) is 23.1 Å². The molecular formula is C11H18O2S2. The molecule has 86 valence electrons. The number of thioether (sulfide) groups is 1. The molecule has 1 aromatic rings. The molecule has 0 saturated heterocycles. The van der Waals surface area contributed by atoms with E-state index in [0.717, 1.165) is 10.6 Å². The van der Waals surface area contributed by atoms with Gasteiger partial charge in [-0.1, -0.05) is 6.92 Å². The summed E-state index contributed by atoms with van der Waals surface area (Å²) in [6, 6.07) is 4.23. The van der Waals surface area contributed by atoms with Crippen molar-refractivity contribution in [3.63, 3.8) is 0 Å². The first-order chi connectivity index (χ1) is 7.31. The van der Waals surface area contributed by atoms with Gasteiger partial charge in [-0.25, -0.2) is 0 Å². The van der Waals surface area contributed by atoms with Gasteiger partial charge < -0.3 is 9.47 Å². The zero-order valence-corrected chi connectivity index (χ0v) is 11.1. The summed E-state index contributed by atoms with van der Waals surface area (Å²) in [7, 11) is 0. The molecule has 0 N–H and O–H groups in total. The van der Waals surface area contributed by atoms with Crippen LogP contribution in [0.1, 0.15) is 31.9 Å². The summed E-state index contributed by atoms with van der Waals surface area (Å²) in [5.41, 5.74) is 0. The topological polar surface area (TPSA) is 18.5 Å². The molecule has 0 aromatic carbocycles. The smallest absolute Gasteiger partial charge is 0.193 e. The highest BCUT2D eigenvalue weighted by Gasteiger charge is 2.13. The SMILES string of the molecule is CCOC(OCC)c1ccc(SCC)s1. The van der Waals surface area contributed by atoms with Gasteiger partial charge in [-0.2, -0.15) is 0 Å². The molecule has 0 aliphatic carbocycles. The molecule has 0 atom stereocenters. The van der Waals surface area contributed by atoms with Gasteiger partial charge in [0.1, 0.15) is 0 Å².